The zero-order chi connectivity index (χ0) is 12.7. The van der Waals surface area contributed by atoms with Crippen LogP contribution in [0.3, 0.4) is 0 Å². The first-order chi connectivity index (χ1) is 8.66. The molecule has 0 saturated heterocycles. The van der Waals surface area contributed by atoms with Gasteiger partial charge >= 0.3 is 5.97 Å². The molecule has 0 bridgehead atoms. The molecule has 3 rings (SSSR count). The van der Waals surface area contributed by atoms with E-state index in [0.29, 0.717) is 5.56 Å². The molecule has 0 aliphatic carbocycles. The fraction of sp³-hybridized carbons (Fsp3) is 0. The number of carbonyl (C=O) groups is 1. The van der Waals surface area contributed by atoms with E-state index in [1.807, 2.05) is 48.5 Å². The smallest absolute Gasteiger partial charge is 0.337 e. The SMILES string of the molecule is O=C(O)c1c(I)ccc2cc3ccccc3cc12. The van der Waals surface area contributed by atoms with E-state index in [1.165, 1.54) is 0 Å². The lowest BCUT2D eigenvalue weighted by Crippen LogP contribution is -2.00. The maximum atomic E-state index is 11.4. The van der Waals surface area contributed by atoms with Crippen LogP contribution in [0.15, 0.2) is 48.5 Å². The lowest BCUT2D eigenvalue weighted by molar-refractivity contribution is 0.0698. The van der Waals surface area contributed by atoms with Gasteiger partial charge in [-0.2, -0.15) is 0 Å². The van der Waals surface area contributed by atoms with Crippen LogP contribution >= 0.6 is 22.6 Å². The standard InChI is InChI=1S/C15H9IO2/c16-13-6-5-11-7-9-3-1-2-4-10(9)8-12(11)14(13)15(17)18/h1-8H,(H,17,18). The van der Waals surface area contributed by atoms with Crippen molar-refractivity contribution in [2.75, 3.05) is 0 Å². The van der Waals surface area contributed by atoms with Gasteiger partial charge in [0, 0.05) is 3.57 Å². The third-order valence-corrected chi connectivity index (χ3v) is 3.95. The molecular weight excluding hydrogens is 339 g/mol. The van der Waals surface area contributed by atoms with E-state index in [9.17, 15) is 9.90 Å². The van der Waals surface area contributed by atoms with Crippen LogP contribution in [0.4, 0.5) is 0 Å². The largest absolute Gasteiger partial charge is 0.478 e. The highest BCUT2D eigenvalue weighted by Crippen LogP contribution is 2.28. The first-order valence-corrected chi connectivity index (χ1v) is 6.59. The lowest BCUT2D eigenvalue weighted by Gasteiger charge is -2.07. The third kappa shape index (κ3) is 1.75. The first kappa shape index (κ1) is 11.5. The van der Waals surface area contributed by atoms with Gasteiger partial charge in [0.25, 0.3) is 0 Å². The molecular formula is C15H9IO2. The Morgan fingerprint density at radius 3 is 2.28 bits per heavy atom. The third-order valence-electron chi connectivity index (χ3n) is 3.05. The van der Waals surface area contributed by atoms with Crippen molar-refractivity contribution < 1.29 is 9.90 Å². The summed E-state index contributed by atoms with van der Waals surface area (Å²) in [5, 5.41) is 13.3. The number of rotatable bonds is 1. The summed E-state index contributed by atoms with van der Waals surface area (Å²) >= 11 is 2.07. The molecule has 0 amide bonds. The van der Waals surface area contributed by atoms with Crippen molar-refractivity contribution in [3.05, 3.63) is 57.7 Å². The van der Waals surface area contributed by atoms with E-state index in [1.54, 1.807) is 0 Å². The average Bonchev–Trinajstić information content (AvgIpc) is 2.36. The van der Waals surface area contributed by atoms with E-state index in [2.05, 4.69) is 22.6 Å². The van der Waals surface area contributed by atoms with E-state index in [0.717, 1.165) is 25.1 Å². The maximum absolute atomic E-state index is 11.4. The molecule has 0 fully saturated rings. The number of fused-ring (bicyclic) bond motifs is 2. The van der Waals surface area contributed by atoms with Gasteiger partial charge < -0.3 is 5.11 Å². The van der Waals surface area contributed by atoms with Gasteiger partial charge in [-0.15, -0.1) is 0 Å². The zero-order valence-corrected chi connectivity index (χ0v) is 11.5. The lowest BCUT2D eigenvalue weighted by atomic mass is 10.00. The highest BCUT2D eigenvalue weighted by atomic mass is 127. The number of aromatic carboxylic acids is 1. The minimum Gasteiger partial charge on any atom is -0.478 e. The van der Waals surface area contributed by atoms with E-state index in [4.69, 9.17) is 0 Å². The number of carboxylic acid groups (broad SMARTS) is 1. The van der Waals surface area contributed by atoms with Crippen molar-refractivity contribution in [2.45, 2.75) is 0 Å². The molecule has 0 heterocycles. The molecule has 0 aliphatic heterocycles. The van der Waals surface area contributed by atoms with Gasteiger partial charge in [0.2, 0.25) is 0 Å². The molecule has 18 heavy (non-hydrogen) atoms. The molecule has 3 aromatic carbocycles. The summed E-state index contributed by atoms with van der Waals surface area (Å²) in [7, 11) is 0. The first-order valence-electron chi connectivity index (χ1n) is 5.51. The Morgan fingerprint density at radius 1 is 0.944 bits per heavy atom. The van der Waals surface area contributed by atoms with Crippen LogP contribution in [0, 0.1) is 3.57 Å². The van der Waals surface area contributed by atoms with Crippen molar-refractivity contribution in [1.29, 1.82) is 0 Å². The topological polar surface area (TPSA) is 37.3 Å². The monoisotopic (exact) mass is 348 g/mol. The second-order valence-electron chi connectivity index (χ2n) is 4.15. The molecule has 0 aromatic heterocycles. The Kier molecular flexibility index (Phi) is 2.70. The van der Waals surface area contributed by atoms with E-state index >= 15 is 0 Å². The van der Waals surface area contributed by atoms with Gasteiger partial charge in [0.05, 0.1) is 5.56 Å². The zero-order valence-electron chi connectivity index (χ0n) is 9.35. The van der Waals surface area contributed by atoms with Crippen LogP contribution in [0.2, 0.25) is 0 Å². The number of halogens is 1. The van der Waals surface area contributed by atoms with Gasteiger partial charge in [-0.25, -0.2) is 4.79 Å². The predicted molar refractivity (Wildman–Crippen MR) is 81.1 cm³/mol. The number of hydrogen-bond acceptors (Lipinski definition) is 1. The predicted octanol–water partition coefficient (Wildman–Crippen LogP) is 4.30. The molecule has 0 saturated carbocycles. The minimum atomic E-state index is -0.875. The Morgan fingerprint density at radius 2 is 1.61 bits per heavy atom. The fourth-order valence-electron chi connectivity index (χ4n) is 2.20. The summed E-state index contributed by atoms with van der Waals surface area (Å²) in [6, 6.07) is 15.8. The molecule has 1 N–H and O–H groups in total. The maximum Gasteiger partial charge on any atom is 0.337 e. The normalized spacial score (nSPS) is 10.9. The van der Waals surface area contributed by atoms with Crippen LogP contribution in [0.1, 0.15) is 10.4 Å². The molecule has 0 unspecified atom stereocenters. The molecule has 0 atom stereocenters. The molecule has 88 valence electrons. The highest BCUT2D eigenvalue weighted by molar-refractivity contribution is 14.1. The number of benzene rings is 3. The van der Waals surface area contributed by atoms with Crippen molar-refractivity contribution >= 4 is 50.1 Å². The molecule has 3 aromatic rings. The Balaban J connectivity index is 2.50. The summed E-state index contributed by atoms with van der Waals surface area (Å²) < 4.78 is 0.767. The number of carboxylic acids is 1. The summed E-state index contributed by atoms with van der Waals surface area (Å²) in [5.74, 6) is -0.875. The molecule has 3 heteroatoms. The van der Waals surface area contributed by atoms with E-state index in [-0.39, 0.29) is 0 Å². The van der Waals surface area contributed by atoms with Gasteiger partial charge in [-0.1, -0.05) is 30.3 Å². The van der Waals surface area contributed by atoms with E-state index < -0.39 is 5.97 Å². The van der Waals surface area contributed by atoms with Gasteiger partial charge in [0.1, 0.15) is 0 Å². The van der Waals surface area contributed by atoms with Gasteiger partial charge in [0.15, 0.2) is 0 Å². The Hall–Kier alpha value is -1.62. The Bertz CT molecular complexity index is 778. The summed E-state index contributed by atoms with van der Waals surface area (Å²) in [5.41, 5.74) is 0.388. The summed E-state index contributed by atoms with van der Waals surface area (Å²) in [6.45, 7) is 0. The highest BCUT2D eigenvalue weighted by Gasteiger charge is 2.13. The molecule has 0 aliphatic rings. The molecule has 0 spiro atoms. The second-order valence-corrected chi connectivity index (χ2v) is 5.31. The van der Waals surface area contributed by atoms with Crippen LogP contribution in [-0.2, 0) is 0 Å². The Labute approximate surface area is 117 Å². The summed E-state index contributed by atoms with van der Waals surface area (Å²) in [4.78, 5) is 11.4. The van der Waals surface area contributed by atoms with Gasteiger partial charge in [-0.3, -0.25) is 0 Å². The number of hydrogen-bond donors (Lipinski definition) is 1. The van der Waals surface area contributed by atoms with Crippen molar-refractivity contribution in [3.8, 4) is 0 Å². The molecule has 2 nitrogen and oxygen atoms in total. The van der Waals surface area contributed by atoms with Crippen molar-refractivity contribution in [1.82, 2.24) is 0 Å². The van der Waals surface area contributed by atoms with Gasteiger partial charge in [-0.05, 0) is 62.3 Å². The van der Waals surface area contributed by atoms with Crippen molar-refractivity contribution in [3.63, 3.8) is 0 Å². The van der Waals surface area contributed by atoms with Crippen molar-refractivity contribution in [2.24, 2.45) is 0 Å². The second kappa shape index (κ2) is 4.24. The quantitative estimate of drug-likeness (QED) is 0.526. The molecule has 0 radical (unpaired) electrons. The van der Waals surface area contributed by atoms with Crippen LogP contribution in [0.5, 0.6) is 0 Å². The van der Waals surface area contributed by atoms with Crippen LogP contribution < -0.4 is 0 Å². The van der Waals surface area contributed by atoms with Crippen LogP contribution in [0.25, 0.3) is 21.5 Å². The minimum absolute atomic E-state index is 0.388. The fourth-order valence-corrected chi connectivity index (χ4v) is 2.91. The average molecular weight is 348 g/mol. The summed E-state index contributed by atoms with van der Waals surface area (Å²) in [6.07, 6.45) is 0. The van der Waals surface area contributed by atoms with Crippen LogP contribution in [-0.4, -0.2) is 11.1 Å².